The topological polar surface area (TPSA) is 75.3 Å². The number of aryl methyl sites for hydroxylation is 1. The van der Waals surface area contributed by atoms with Gasteiger partial charge in [0.05, 0.1) is 5.41 Å². The van der Waals surface area contributed by atoms with Crippen molar-refractivity contribution in [2.75, 3.05) is 6.54 Å². The van der Waals surface area contributed by atoms with Crippen LogP contribution in [0.15, 0.2) is 11.0 Å². The highest BCUT2D eigenvalue weighted by Crippen LogP contribution is 2.52. The Kier molecular flexibility index (Phi) is 3.30. The summed E-state index contributed by atoms with van der Waals surface area (Å²) >= 11 is 0. The minimum Gasteiger partial charge on any atom is -0.444 e. The number of rotatable bonds is 2. The van der Waals surface area contributed by atoms with Crippen LogP contribution >= 0.6 is 0 Å². The van der Waals surface area contributed by atoms with Gasteiger partial charge < -0.3 is 14.6 Å². The molecule has 3 fully saturated rings. The molecule has 1 N–H and O–H groups in total. The van der Waals surface area contributed by atoms with E-state index >= 15 is 0 Å². The maximum Gasteiger partial charge on any atom is 0.410 e. The molecule has 6 nitrogen and oxygen atoms in total. The van der Waals surface area contributed by atoms with Gasteiger partial charge in [-0.25, -0.2) is 9.78 Å². The molecular formula is C16H23N3O3. The van der Waals surface area contributed by atoms with Crippen LogP contribution in [-0.2, 0) is 16.6 Å². The van der Waals surface area contributed by atoms with Gasteiger partial charge in [-0.2, -0.15) is 0 Å². The zero-order valence-electron chi connectivity index (χ0n) is 13.6. The summed E-state index contributed by atoms with van der Waals surface area (Å²) in [7, 11) is 0. The molecule has 2 aliphatic heterocycles. The third-order valence-electron chi connectivity index (χ3n) is 4.55. The first kappa shape index (κ1) is 15.1. The summed E-state index contributed by atoms with van der Waals surface area (Å²) in [6.07, 6.45) is 3.75. The van der Waals surface area contributed by atoms with Crippen molar-refractivity contribution in [3.63, 3.8) is 0 Å². The van der Waals surface area contributed by atoms with Gasteiger partial charge in [-0.05, 0) is 40.0 Å². The van der Waals surface area contributed by atoms with Crippen LogP contribution in [0, 0.1) is 0 Å². The molecule has 1 amide bonds. The molecule has 1 aromatic rings. The fourth-order valence-electron chi connectivity index (χ4n) is 3.39. The number of carbonyl (C=O) groups excluding carboxylic acids is 1. The van der Waals surface area contributed by atoms with E-state index in [1.807, 2.05) is 27.7 Å². The first-order valence-corrected chi connectivity index (χ1v) is 7.82. The Morgan fingerprint density at radius 3 is 2.73 bits per heavy atom. The lowest BCUT2D eigenvalue weighted by Gasteiger charge is -2.35. The van der Waals surface area contributed by atoms with Gasteiger partial charge in [-0.3, -0.25) is 4.79 Å². The lowest BCUT2D eigenvalue weighted by atomic mass is 9.69. The Morgan fingerprint density at radius 2 is 2.18 bits per heavy atom. The minimum atomic E-state index is -0.493. The number of carbonyl (C=O) groups is 1. The second-order valence-corrected chi connectivity index (χ2v) is 7.39. The molecule has 3 heterocycles. The number of H-pyrrole nitrogens is 1. The van der Waals surface area contributed by atoms with Crippen LogP contribution in [0.1, 0.15) is 51.9 Å². The monoisotopic (exact) mass is 305 g/mol. The standard InChI is InChI=1S/C16H23N3O3/c1-5-10-8-17-13(18-12(10)20)16-6-11(7-16)19(9-16)14(21)22-15(2,3)4/h8,11H,5-7,9H2,1-4H3,(H,17,18,20). The normalized spacial score (nSPS) is 26.7. The van der Waals surface area contributed by atoms with Crippen LogP contribution in [0.2, 0.25) is 0 Å². The maximum absolute atomic E-state index is 12.3. The lowest BCUT2D eigenvalue weighted by Crippen LogP contribution is -2.42. The van der Waals surface area contributed by atoms with E-state index in [1.165, 1.54) is 0 Å². The molecule has 1 aromatic heterocycles. The molecule has 0 unspecified atom stereocenters. The number of nitrogens with one attached hydrogen (secondary N) is 1. The quantitative estimate of drug-likeness (QED) is 0.906. The molecule has 2 saturated heterocycles. The van der Waals surface area contributed by atoms with Gasteiger partial charge >= 0.3 is 6.09 Å². The fourth-order valence-corrected chi connectivity index (χ4v) is 3.39. The van der Waals surface area contributed by atoms with Crippen molar-refractivity contribution in [3.05, 3.63) is 27.9 Å². The minimum absolute atomic E-state index is 0.0685. The van der Waals surface area contributed by atoms with E-state index in [1.54, 1.807) is 11.1 Å². The van der Waals surface area contributed by atoms with Crippen LogP contribution < -0.4 is 5.56 Å². The molecule has 22 heavy (non-hydrogen) atoms. The van der Waals surface area contributed by atoms with Crippen LogP contribution in [0.3, 0.4) is 0 Å². The number of aromatic nitrogens is 2. The molecule has 0 aromatic carbocycles. The second-order valence-electron chi connectivity index (χ2n) is 7.39. The van der Waals surface area contributed by atoms with Gasteiger partial charge in [0.25, 0.3) is 5.56 Å². The average molecular weight is 305 g/mol. The Labute approximate surface area is 129 Å². The van der Waals surface area contributed by atoms with Crippen molar-refractivity contribution in [2.24, 2.45) is 0 Å². The van der Waals surface area contributed by atoms with E-state index < -0.39 is 5.60 Å². The zero-order chi connectivity index (χ0) is 16.1. The van der Waals surface area contributed by atoms with Gasteiger partial charge in [0, 0.05) is 24.3 Å². The van der Waals surface area contributed by atoms with Crippen molar-refractivity contribution in [2.45, 2.75) is 64.0 Å². The van der Waals surface area contributed by atoms with Crippen molar-refractivity contribution in [1.29, 1.82) is 0 Å². The summed E-state index contributed by atoms with van der Waals surface area (Å²) < 4.78 is 5.45. The second kappa shape index (κ2) is 4.83. The maximum atomic E-state index is 12.3. The first-order valence-electron chi connectivity index (χ1n) is 7.82. The Hall–Kier alpha value is -1.85. The Bertz CT molecular complexity index is 653. The summed E-state index contributed by atoms with van der Waals surface area (Å²) in [6.45, 7) is 8.10. The number of fused-ring (bicyclic) bond motifs is 1. The van der Waals surface area contributed by atoms with Gasteiger partial charge in [0.1, 0.15) is 11.4 Å². The van der Waals surface area contributed by atoms with Crippen molar-refractivity contribution in [3.8, 4) is 0 Å². The van der Waals surface area contributed by atoms with Gasteiger partial charge in [-0.1, -0.05) is 6.92 Å². The van der Waals surface area contributed by atoms with E-state index in [0.29, 0.717) is 24.4 Å². The third-order valence-corrected chi connectivity index (χ3v) is 4.55. The molecule has 0 radical (unpaired) electrons. The number of aromatic amines is 1. The smallest absolute Gasteiger partial charge is 0.410 e. The van der Waals surface area contributed by atoms with E-state index in [-0.39, 0.29) is 23.1 Å². The van der Waals surface area contributed by atoms with Crippen LogP contribution in [-0.4, -0.2) is 39.1 Å². The molecule has 1 aliphatic carbocycles. The van der Waals surface area contributed by atoms with E-state index in [0.717, 1.165) is 12.8 Å². The van der Waals surface area contributed by atoms with Gasteiger partial charge in [0.2, 0.25) is 0 Å². The Morgan fingerprint density at radius 1 is 1.50 bits per heavy atom. The molecular weight excluding hydrogens is 282 g/mol. The van der Waals surface area contributed by atoms with Gasteiger partial charge in [-0.15, -0.1) is 0 Å². The summed E-state index contributed by atoms with van der Waals surface area (Å²) in [5.41, 5.74) is -0.0707. The van der Waals surface area contributed by atoms with Crippen LogP contribution in [0.25, 0.3) is 0 Å². The third kappa shape index (κ3) is 2.40. The number of nitrogens with zero attached hydrogens (tertiary/aromatic N) is 2. The molecule has 2 bridgehead atoms. The molecule has 120 valence electrons. The van der Waals surface area contributed by atoms with Crippen LogP contribution in [0.5, 0.6) is 0 Å². The van der Waals surface area contributed by atoms with Crippen molar-refractivity contribution in [1.82, 2.24) is 14.9 Å². The predicted octanol–water partition coefficient (Wildman–Crippen LogP) is 1.98. The number of ether oxygens (including phenoxy) is 1. The highest BCUT2D eigenvalue weighted by atomic mass is 16.6. The first-order chi connectivity index (χ1) is 10.2. The van der Waals surface area contributed by atoms with E-state index in [4.69, 9.17) is 4.74 Å². The average Bonchev–Trinajstić information content (AvgIpc) is 2.92. The van der Waals surface area contributed by atoms with Crippen molar-refractivity contribution < 1.29 is 9.53 Å². The summed E-state index contributed by atoms with van der Waals surface area (Å²) in [4.78, 5) is 33.4. The summed E-state index contributed by atoms with van der Waals surface area (Å²) in [5, 5.41) is 0. The largest absolute Gasteiger partial charge is 0.444 e. The molecule has 1 saturated carbocycles. The Balaban J connectivity index is 1.78. The predicted molar refractivity (Wildman–Crippen MR) is 81.9 cm³/mol. The number of amides is 1. The van der Waals surface area contributed by atoms with Crippen LogP contribution in [0.4, 0.5) is 4.79 Å². The number of hydrogen-bond acceptors (Lipinski definition) is 4. The van der Waals surface area contributed by atoms with E-state index in [9.17, 15) is 9.59 Å². The fraction of sp³-hybridized carbons (Fsp3) is 0.688. The summed E-state index contributed by atoms with van der Waals surface area (Å²) in [5.74, 6) is 0.706. The highest BCUT2D eigenvalue weighted by Gasteiger charge is 2.59. The number of hydrogen-bond donors (Lipinski definition) is 1. The molecule has 6 heteroatoms. The molecule has 0 spiro atoms. The van der Waals surface area contributed by atoms with Gasteiger partial charge in [0.15, 0.2) is 0 Å². The molecule has 3 aliphatic rings. The molecule has 0 atom stereocenters. The highest BCUT2D eigenvalue weighted by molar-refractivity contribution is 5.70. The lowest BCUT2D eigenvalue weighted by molar-refractivity contribution is 0.0246. The van der Waals surface area contributed by atoms with E-state index in [2.05, 4.69) is 9.97 Å². The zero-order valence-corrected chi connectivity index (χ0v) is 13.6. The molecule has 4 rings (SSSR count). The summed E-state index contributed by atoms with van der Waals surface area (Å²) in [6, 6.07) is 0.200. The van der Waals surface area contributed by atoms with Crippen molar-refractivity contribution >= 4 is 6.09 Å². The SMILES string of the molecule is CCc1cnc(C23CC(C2)N(C(=O)OC(C)(C)C)C3)[nH]c1=O.